The van der Waals surface area contributed by atoms with Crippen molar-refractivity contribution in [1.82, 2.24) is 0 Å². The Bertz CT molecular complexity index is 235. The average molecular weight is 232 g/mol. The third-order valence-corrected chi connectivity index (χ3v) is 2.58. The molecule has 0 fully saturated rings. The lowest BCUT2D eigenvalue weighted by Gasteiger charge is -2.19. The van der Waals surface area contributed by atoms with Crippen molar-refractivity contribution in [3.63, 3.8) is 0 Å². The van der Waals surface area contributed by atoms with Crippen LogP contribution in [-0.2, 0) is 14.5 Å². The van der Waals surface area contributed by atoms with Crippen LogP contribution in [0.25, 0.3) is 0 Å². The standard InChI is InChI=1S/C11H20O5/c1-11(2,10(14)16-15)8-6-4-3-5-7-9(12)13/h15H,3-8H2,1-2H3,(H,12,13). The maximum atomic E-state index is 11.1. The van der Waals surface area contributed by atoms with Crippen LogP contribution in [0.4, 0.5) is 0 Å². The maximum Gasteiger partial charge on any atom is 0.347 e. The largest absolute Gasteiger partial charge is 0.481 e. The van der Waals surface area contributed by atoms with Gasteiger partial charge in [-0.1, -0.05) is 19.3 Å². The normalized spacial score (nSPS) is 11.2. The van der Waals surface area contributed by atoms with Crippen molar-refractivity contribution in [2.45, 2.75) is 52.4 Å². The van der Waals surface area contributed by atoms with Crippen LogP contribution < -0.4 is 0 Å². The summed E-state index contributed by atoms with van der Waals surface area (Å²) in [7, 11) is 0. The summed E-state index contributed by atoms with van der Waals surface area (Å²) < 4.78 is 0. The molecule has 0 amide bonds. The fourth-order valence-electron chi connectivity index (χ4n) is 1.42. The molecule has 0 unspecified atom stereocenters. The fraction of sp³-hybridized carbons (Fsp3) is 0.818. The predicted molar refractivity (Wildman–Crippen MR) is 57.8 cm³/mol. The summed E-state index contributed by atoms with van der Waals surface area (Å²) in [5.41, 5.74) is -0.679. The summed E-state index contributed by atoms with van der Waals surface area (Å²) >= 11 is 0. The van der Waals surface area contributed by atoms with E-state index in [0.717, 1.165) is 19.3 Å². The first-order valence-corrected chi connectivity index (χ1v) is 5.48. The molecular formula is C11H20O5. The molecule has 0 saturated carbocycles. The van der Waals surface area contributed by atoms with Gasteiger partial charge in [-0.2, -0.15) is 5.26 Å². The van der Waals surface area contributed by atoms with Crippen molar-refractivity contribution in [2.75, 3.05) is 0 Å². The molecule has 2 N–H and O–H groups in total. The number of carboxylic acids is 1. The highest BCUT2D eigenvalue weighted by molar-refractivity contribution is 5.75. The zero-order valence-electron chi connectivity index (χ0n) is 9.86. The number of hydrogen-bond donors (Lipinski definition) is 2. The van der Waals surface area contributed by atoms with Crippen molar-refractivity contribution in [3.8, 4) is 0 Å². The Morgan fingerprint density at radius 2 is 1.69 bits per heavy atom. The summed E-state index contributed by atoms with van der Waals surface area (Å²) in [6.07, 6.45) is 4.04. The van der Waals surface area contributed by atoms with E-state index in [1.807, 2.05) is 0 Å². The number of rotatable bonds is 8. The van der Waals surface area contributed by atoms with E-state index < -0.39 is 17.4 Å². The van der Waals surface area contributed by atoms with Crippen LogP contribution in [0.3, 0.4) is 0 Å². The van der Waals surface area contributed by atoms with E-state index in [1.54, 1.807) is 13.8 Å². The summed E-state index contributed by atoms with van der Waals surface area (Å²) in [5.74, 6) is -1.40. The molecule has 0 aromatic rings. The molecule has 0 heterocycles. The lowest BCUT2D eigenvalue weighted by molar-refractivity contribution is -0.244. The summed E-state index contributed by atoms with van der Waals surface area (Å²) in [5, 5.41) is 16.7. The lowest BCUT2D eigenvalue weighted by atomic mass is 9.87. The van der Waals surface area contributed by atoms with E-state index in [0.29, 0.717) is 12.8 Å². The van der Waals surface area contributed by atoms with Crippen LogP contribution in [0, 0.1) is 5.41 Å². The first-order chi connectivity index (χ1) is 7.40. The molecule has 5 nitrogen and oxygen atoms in total. The number of hydrogen-bond acceptors (Lipinski definition) is 4. The number of unbranched alkanes of at least 4 members (excludes halogenated alkanes) is 3. The molecule has 0 aliphatic rings. The van der Waals surface area contributed by atoms with Gasteiger partial charge in [0, 0.05) is 6.42 Å². The number of carbonyl (C=O) groups excluding carboxylic acids is 1. The van der Waals surface area contributed by atoms with Crippen molar-refractivity contribution in [1.29, 1.82) is 0 Å². The van der Waals surface area contributed by atoms with Gasteiger partial charge in [-0.25, -0.2) is 4.79 Å². The smallest absolute Gasteiger partial charge is 0.347 e. The maximum absolute atomic E-state index is 11.1. The molecule has 0 aromatic heterocycles. The molecule has 94 valence electrons. The third-order valence-electron chi connectivity index (χ3n) is 2.58. The Morgan fingerprint density at radius 3 is 2.19 bits per heavy atom. The zero-order valence-corrected chi connectivity index (χ0v) is 9.86. The van der Waals surface area contributed by atoms with Gasteiger partial charge in [-0.3, -0.25) is 4.79 Å². The Kier molecular flexibility index (Phi) is 6.72. The van der Waals surface area contributed by atoms with Crippen LogP contribution in [0.2, 0.25) is 0 Å². The fourth-order valence-corrected chi connectivity index (χ4v) is 1.42. The molecule has 5 heteroatoms. The van der Waals surface area contributed by atoms with Gasteiger partial charge in [0.05, 0.1) is 5.41 Å². The van der Waals surface area contributed by atoms with Gasteiger partial charge in [0.2, 0.25) is 0 Å². The van der Waals surface area contributed by atoms with Crippen molar-refractivity contribution in [3.05, 3.63) is 0 Å². The van der Waals surface area contributed by atoms with E-state index in [2.05, 4.69) is 4.89 Å². The molecule has 0 radical (unpaired) electrons. The van der Waals surface area contributed by atoms with Crippen LogP contribution in [0.1, 0.15) is 52.4 Å². The first-order valence-electron chi connectivity index (χ1n) is 5.48. The summed E-state index contributed by atoms with van der Waals surface area (Å²) in [4.78, 5) is 25.0. The Morgan fingerprint density at radius 1 is 1.12 bits per heavy atom. The number of aliphatic carboxylic acids is 1. The molecule has 0 aliphatic heterocycles. The van der Waals surface area contributed by atoms with Crippen molar-refractivity contribution >= 4 is 11.9 Å². The van der Waals surface area contributed by atoms with E-state index in [-0.39, 0.29) is 6.42 Å². The SMILES string of the molecule is CC(C)(CCCCCCC(=O)O)C(=O)OO. The van der Waals surface area contributed by atoms with Gasteiger partial charge in [-0.15, -0.1) is 0 Å². The zero-order chi connectivity index (χ0) is 12.6. The van der Waals surface area contributed by atoms with Gasteiger partial charge in [-0.05, 0) is 26.7 Å². The molecule has 0 bridgehead atoms. The Labute approximate surface area is 95.3 Å². The van der Waals surface area contributed by atoms with Crippen LogP contribution in [0.15, 0.2) is 0 Å². The molecule has 0 rings (SSSR count). The van der Waals surface area contributed by atoms with Gasteiger partial charge in [0.15, 0.2) is 0 Å². The quantitative estimate of drug-likeness (QED) is 0.381. The van der Waals surface area contributed by atoms with Crippen LogP contribution >= 0.6 is 0 Å². The van der Waals surface area contributed by atoms with E-state index in [1.165, 1.54) is 0 Å². The number of carbonyl (C=O) groups is 2. The highest BCUT2D eigenvalue weighted by Gasteiger charge is 2.29. The Balaban J connectivity index is 3.58. The minimum atomic E-state index is -0.774. The minimum Gasteiger partial charge on any atom is -0.481 e. The van der Waals surface area contributed by atoms with Gasteiger partial charge >= 0.3 is 11.9 Å². The molecular weight excluding hydrogens is 212 g/mol. The second kappa shape index (κ2) is 7.22. The van der Waals surface area contributed by atoms with Crippen LogP contribution in [-0.4, -0.2) is 22.3 Å². The van der Waals surface area contributed by atoms with E-state index >= 15 is 0 Å². The van der Waals surface area contributed by atoms with Crippen molar-refractivity contribution in [2.24, 2.45) is 5.41 Å². The Hall–Kier alpha value is -1.10. The van der Waals surface area contributed by atoms with Crippen molar-refractivity contribution < 1.29 is 24.8 Å². The van der Waals surface area contributed by atoms with E-state index in [4.69, 9.17) is 10.4 Å². The van der Waals surface area contributed by atoms with Gasteiger partial charge in [0.1, 0.15) is 0 Å². The molecule has 0 saturated heterocycles. The van der Waals surface area contributed by atoms with E-state index in [9.17, 15) is 9.59 Å². The second-order valence-electron chi connectivity index (χ2n) is 4.57. The summed E-state index contributed by atoms with van der Waals surface area (Å²) in [6, 6.07) is 0. The van der Waals surface area contributed by atoms with Gasteiger partial charge in [0.25, 0.3) is 0 Å². The van der Waals surface area contributed by atoms with Crippen LogP contribution in [0.5, 0.6) is 0 Å². The highest BCUT2D eigenvalue weighted by Crippen LogP contribution is 2.25. The highest BCUT2D eigenvalue weighted by atomic mass is 17.1. The average Bonchev–Trinajstić information content (AvgIpc) is 2.21. The van der Waals surface area contributed by atoms with Gasteiger partial charge < -0.3 is 9.99 Å². The minimum absolute atomic E-state index is 0.197. The molecule has 0 spiro atoms. The molecule has 16 heavy (non-hydrogen) atoms. The second-order valence-corrected chi connectivity index (χ2v) is 4.57. The third kappa shape index (κ3) is 6.40. The predicted octanol–water partition coefficient (Wildman–Crippen LogP) is 2.45. The monoisotopic (exact) mass is 232 g/mol. The first kappa shape index (κ1) is 14.9. The molecule has 0 atom stereocenters. The lowest BCUT2D eigenvalue weighted by Crippen LogP contribution is -2.25. The topological polar surface area (TPSA) is 83.8 Å². The molecule has 0 aliphatic carbocycles. The summed E-state index contributed by atoms with van der Waals surface area (Å²) in [6.45, 7) is 3.42. The molecule has 0 aromatic carbocycles. The number of carboxylic acid groups (broad SMARTS) is 1.